The van der Waals surface area contributed by atoms with E-state index >= 15 is 0 Å². The summed E-state index contributed by atoms with van der Waals surface area (Å²) in [5, 5.41) is 6.03. The van der Waals surface area contributed by atoms with Crippen LogP contribution in [0, 0.1) is 5.82 Å². The van der Waals surface area contributed by atoms with Gasteiger partial charge in [-0.25, -0.2) is 4.39 Å². The summed E-state index contributed by atoms with van der Waals surface area (Å²) in [5.74, 6) is -0.301. The lowest BCUT2D eigenvalue weighted by Crippen LogP contribution is -2.24. The van der Waals surface area contributed by atoms with E-state index in [2.05, 4.69) is 33.6 Å². The van der Waals surface area contributed by atoms with Gasteiger partial charge in [-0.15, -0.1) is 11.3 Å². The van der Waals surface area contributed by atoms with Gasteiger partial charge in [0.15, 0.2) is 0 Å². The van der Waals surface area contributed by atoms with Gasteiger partial charge in [0.05, 0.1) is 0 Å². The van der Waals surface area contributed by atoms with E-state index in [9.17, 15) is 4.39 Å². The molecule has 5 heteroatoms. The van der Waals surface area contributed by atoms with E-state index in [1.54, 1.807) is 17.4 Å². The van der Waals surface area contributed by atoms with Crippen LogP contribution in [0.2, 0.25) is 5.02 Å². The van der Waals surface area contributed by atoms with Crippen LogP contribution in [0.25, 0.3) is 0 Å². The van der Waals surface area contributed by atoms with E-state index in [-0.39, 0.29) is 11.9 Å². The van der Waals surface area contributed by atoms with Crippen molar-refractivity contribution in [1.82, 2.24) is 5.32 Å². The molecule has 0 bridgehead atoms. The third-order valence-electron chi connectivity index (χ3n) is 3.06. The number of benzene rings is 1. The molecule has 0 aliphatic heterocycles. The van der Waals surface area contributed by atoms with Crippen LogP contribution in [0.5, 0.6) is 0 Å². The standard InChI is InChI=1S/C15H16BrClFNS/c1-2-6-19-14(9-15-12(16)5-7-20-15)11-4-3-10(18)8-13(11)17/h3-5,7-8,14,19H,2,6,9H2,1H3. The average molecular weight is 377 g/mol. The van der Waals surface area contributed by atoms with Crippen molar-refractivity contribution >= 4 is 38.9 Å². The molecule has 1 N–H and O–H groups in total. The topological polar surface area (TPSA) is 12.0 Å². The smallest absolute Gasteiger partial charge is 0.124 e. The molecule has 1 atom stereocenters. The molecule has 0 radical (unpaired) electrons. The lowest BCUT2D eigenvalue weighted by atomic mass is 10.0. The first kappa shape index (κ1) is 16.0. The molecule has 1 nitrogen and oxygen atoms in total. The van der Waals surface area contributed by atoms with Gasteiger partial charge >= 0.3 is 0 Å². The third kappa shape index (κ3) is 4.04. The Bertz CT molecular complexity index is 573. The van der Waals surface area contributed by atoms with Crippen LogP contribution in [-0.2, 0) is 6.42 Å². The largest absolute Gasteiger partial charge is 0.310 e. The molecule has 1 aromatic carbocycles. The summed E-state index contributed by atoms with van der Waals surface area (Å²) < 4.78 is 14.3. The summed E-state index contributed by atoms with van der Waals surface area (Å²) in [6.45, 7) is 3.03. The maximum absolute atomic E-state index is 13.2. The van der Waals surface area contributed by atoms with Gasteiger partial charge in [0.2, 0.25) is 0 Å². The minimum Gasteiger partial charge on any atom is -0.310 e. The van der Waals surface area contributed by atoms with Crippen molar-refractivity contribution in [3.8, 4) is 0 Å². The molecule has 0 saturated carbocycles. The summed E-state index contributed by atoms with van der Waals surface area (Å²) in [5.41, 5.74) is 0.946. The van der Waals surface area contributed by atoms with E-state index in [0.717, 1.165) is 29.4 Å². The minimum atomic E-state index is -0.301. The fraction of sp³-hybridized carbons (Fsp3) is 0.333. The molecular weight excluding hydrogens is 361 g/mol. The maximum Gasteiger partial charge on any atom is 0.124 e. The highest BCUT2D eigenvalue weighted by atomic mass is 79.9. The average Bonchev–Trinajstić information content (AvgIpc) is 2.80. The number of thiophene rings is 1. The molecule has 0 aliphatic rings. The van der Waals surface area contributed by atoms with Crippen molar-refractivity contribution in [3.05, 3.63) is 55.4 Å². The summed E-state index contributed by atoms with van der Waals surface area (Å²) in [7, 11) is 0. The zero-order valence-corrected chi connectivity index (χ0v) is 14.3. The molecule has 1 heterocycles. The molecule has 2 aromatic rings. The van der Waals surface area contributed by atoms with Gasteiger partial charge in [0.1, 0.15) is 5.82 Å². The minimum absolute atomic E-state index is 0.0954. The first-order chi connectivity index (χ1) is 9.61. The third-order valence-corrected chi connectivity index (χ3v) is 5.34. The Morgan fingerprint density at radius 1 is 1.40 bits per heavy atom. The Hall–Kier alpha value is -0.420. The van der Waals surface area contributed by atoms with Crippen molar-refractivity contribution < 1.29 is 4.39 Å². The highest BCUT2D eigenvalue weighted by Gasteiger charge is 2.17. The predicted octanol–water partition coefficient (Wildman–Crippen LogP) is 5.59. The molecule has 1 unspecified atom stereocenters. The zero-order valence-electron chi connectivity index (χ0n) is 11.1. The number of nitrogens with one attached hydrogen (secondary N) is 1. The van der Waals surface area contributed by atoms with E-state index in [1.807, 2.05) is 6.07 Å². The normalized spacial score (nSPS) is 12.6. The quantitative estimate of drug-likeness (QED) is 0.693. The maximum atomic E-state index is 13.2. The molecule has 1 aromatic heterocycles. The Labute approximate surface area is 136 Å². The molecule has 0 spiro atoms. The highest BCUT2D eigenvalue weighted by Crippen LogP contribution is 2.31. The molecule has 0 amide bonds. The van der Waals surface area contributed by atoms with E-state index < -0.39 is 0 Å². The van der Waals surface area contributed by atoms with Gasteiger partial charge in [0, 0.05) is 26.8 Å². The molecular formula is C15H16BrClFNS. The molecule has 0 fully saturated rings. The molecule has 0 aliphatic carbocycles. The summed E-state index contributed by atoms with van der Waals surface area (Å²) in [6, 6.07) is 6.75. The van der Waals surface area contributed by atoms with Gasteiger partial charge in [-0.3, -0.25) is 0 Å². The Morgan fingerprint density at radius 2 is 2.20 bits per heavy atom. The van der Waals surface area contributed by atoms with Gasteiger partial charge in [-0.05, 0) is 58.0 Å². The van der Waals surface area contributed by atoms with Crippen molar-refractivity contribution in [2.24, 2.45) is 0 Å². The molecule has 108 valence electrons. The highest BCUT2D eigenvalue weighted by molar-refractivity contribution is 9.10. The van der Waals surface area contributed by atoms with Crippen LogP contribution in [0.1, 0.15) is 29.8 Å². The van der Waals surface area contributed by atoms with Crippen LogP contribution in [0.4, 0.5) is 4.39 Å². The number of halogens is 3. The summed E-state index contributed by atoms with van der Waals surface area (Å²) in [4.78, 5) is 1.26. The Balaban J connectivity index is 2.24. The SMILES string of the molecule is CCCNC(Cc1sccc1Br)c1ccc(F)cc1Cl. The second-order valence-electron chi connectivity index (χ2n) is 4.57. The van der Waals surface area contributed by atoms with Crippen LogP contribution in [0.15, 0.2) is 34.1 Å². The van der Waals surface area contributed by atoms with Crippen LogP contribution in [-0.4, -0.2) is 6.54 Å². The Morgan fingerprint density at radius 3 is 2.80 bits per heavy atom. The number of rotatable bonds is 6. The van der Waals surface area contributed by atoms with E-state index in [1.165, 1.54) is 17.0 Å². The van der Waals surface area contributed by atoms with E-state index in [4.69, 9.17) is 11.6 Å². The second-order valence-corrected chi connectivity index (χ2v) is 6.83. The van der Waals surface area contributed by atoms with Gasteiger partial charge in [-0.2, -0.15) is 0 Å². The monoisotopic (exact) mass is 375 g/mol. The molecule has 2 rings (SSSR count). The van der Waals surface area contributed by atoms with Crippen molar-refractivity contribution in [3.63, 3.8) is 0 Å². The van der Waals surface area contributed by atoms with Gasteiger partial charge in [-0.1, -0.05) is 24.6 Å². The summed E-state index contributed by atoms with van der Waals surface area (Å²) >= 11 is 11.5. The molecule has 0 saturated heterocycles. The summed E-state index contributed by atoms with van der Waals surface area (Å²) in [6.07, 6.45) is 1.88. The van der Waals surface area contributed by atoms with Crippen LogP contribution in [0.3, 0.4) is 0 Å². The van der Waals surface area contributed by atoms with Gasteiger partial charge in [0.25, 0.3) is 0 Å². The van der Waals surface area contributed by atoms with Crippen molar-refractivity contribution in [2.75, 3.05) is 6.54 Å². The first-order valence-electron chi connectivity index (χ1n) is 6.52. The van der Waals surface area contributed by atoms with Crippen molar-refractivity contribution in [2.45, 2.75) is 25.8 Å². The number of hydrogen-bond acceptors (Lipinski definition) is 2. The lowest BCUT2D eigenvalue weighted by Gasteiger charge is -2.20. The van der Waals surface area contributed by atoms with Crippen LogP contribution >= 0.6 is 38.9 Å². The Kier molecular flexibility index (Phi) is 6.02. The first-order valence-corrected chi connectivity index (χ1v) is 8.57. The second kappa shape index (κ2) is 7.55. The predicted molar refractivity (Wildman–Crippen MR) is 88.2 cm³/mol. The number of hydrogen-bond donors (Lipinski definition) is 1. The lowest BCUT2D eigenvalue weighted by molar-refractivity contribution is 0.530. The fourth-order valence-electron chi connectivity index (χ4n) is 2.05. The van der Waals surface area contributed by atoms with Gasteiger partial charge < -0.3 is 5.32 Å². The van der Waals surface area contributed by atoms with Crippen molar-refractivity contribution in [1.29, 1.82) is 0 Å². The fourth-order valence-corrected chi connectivity index (χ4v) is 3.91. The molecule has 20 heavy (non-hydrogen) atoms. The zero-order chi connectivity index (χ0) is 14.5. The van der Waals surface area contributed by atoms with E-state index in [0.29, 0.717) is 5.02 Å². The van der Waals surface area contributed by atoms with Crippen LogP contribution < -0.4 is 5.32 Å².